The van der Waals surface area contributed by atoms with E-state index < -0.39 is 5.91 Å². The third-order valence-electron chi connectivity index (χ3n) is 4.65. The zero-order chi connectivity index (χ0) is 18.8. The van der Waals surface area contributed by atoms with Gasteiger partial charge in [0, 0.05) is 43.0 Å². The van der Waals surface area contributed by atoms with Crippen LogP contribution in [0.5, 0.6) is 0 Å². The summed E-state index contributed by atoms with van der Waals surface area (Å²) in [6.45, 7) is 3.92. The molecule has 1 aromatic carbocycles. The SMILES string of the molecule is Cc1c(Br)cccc1NC(=O)c1cc(CN2CC[C@@H](O)C2)cn(C)c1=O. The fraction of sp³-hybridized carbons (Fsp3) is 0.368. The lowest BCUT2D eigenvalue weighted by Gasteiger charge is -2.16. The minimum absolute atomic E-state index is 0.115. The van der Waals surface area contributed by atoms with E-state index >= 15 is 0 Å². The summed E-state index contributed by atoms with van der Waals surface area (Å²) < 4.78 is 2.33. The van der Waals surface area contributed by atoms with Crippen LogP contribution in [-0.4, -0.2) is 39.7 Å². The van der Waals surface area contributed by atoms with Crippen LogP contribution in [0.25, 0.3) is 0 Å². The van der Waals surface area contributed by atoms with Gasteiger partial charge in [0.1, 0.15) is 5.56 Å². The van der Waals surface area contributed by atoms with Gasteiger partial charge in [0.2, 0.25) is 0 Å². The standard InChI is InChI=1S/C19H22BrN3O3/c1-12-16(20)4-3-5-17(12)21-18(25)15-8-13(9-22(2)19(15)26)10-23-7-6-14(24)11-23/h3-5,8-9,14,24H,6-7,10-11H2,1-2H3,(H,21,25)/t14-/m1/s1. The lowest BCUT2D eigenvalue weighted by Crippen LogP contribution is -2.29. The molecule has 1 fully saturated rings. The van der Waals surface area contributed by atoms with Crippen LogP contribution in [0.3, 0.4) is 0 Å². The normalized spacial score (nSPS) is 17.5. The average molecular weight is 420 g/mol. The van der Waals surface area contributed by atoms with Crippen molar-refractivity contribution < 1.29 is 9.90 Å². The van der Waals surface area contributed by atoms with Crippen LogP contribution in [0.2, 0.25) is 0 Å². The number of aliphatic hydroxyl groups is 1. The maximum atomic E-state index is 12.7. The molecule has 0 unspecified atom stereocenters. The van der Waals surface area contributed by atoms with E-state index in [1.807, 2.05) is 19.1 Å². The van der Waals surface area contributed by atoms with Crippen molar-refractivity contribution >= 4 is 27.5 Å². The second-order valence-corrected chi connectivity index (χ2v) is 7.58. The number of aromatic nitrogens is 1. The number of hydrogen-bond donors (Lipinski definition) is 2. The highest BCUT2D eigenvalue weighted by Crippen LogP contribution is 2.24. The highest BCUT2D eigenvalue weighted by molar-refractivity contribution is 9.10. The highest BCUT2D eigenvalue weighted by Gasteiger charge is 2.21. The van der Waals surface area contributed by atoms with E-state index in [9.17, 15) is 14.7 Å². The van der Waals surface area contributed by atoms with Crippen LogP contribution in [-0.2, 0) is 13.6 Å². The number of carbonyl (C=O) groups excluding carboxylic acids is 1. The molecule has 1 saturated heterocycles. The van der Waals surface area contributed by atoms with Gasteiger partial charge in [-0.25, -0.2) is 0 Å². The van der Waals surface area contributed by atoms with Crippen molar-refractivity contribution in [2.45, 2.75) is 26.0 Å². The molecule has 7 heteroatoms. The van der Waals surface area contributed by atoms with Gasteiger partial charge in [0.05, 0.1) is 6.10 Å². The van der Waals surface area contributed by atoms with Gasteiger partial charge in [0.25, 0.3) is 11.5 Å². The number of amides is 1. The summed E-state index contributed by atoms with van der Waals surface area (Å²) in [4.78, 5) is 27.2. The van der Waals surface area contributed by atoms with Crippen molar-refractivity contribution in [2.24, 2.45) is 7.05 Å². The molecule has 6 nitrogen and oxygen atoms in total. The largest absolute Gasteiger partial charge is 0.392 e. The predicted octanol–water partition coefficient (Wildman–Crippen LogP) is 2.28. The van der Waals surface area contributed by atoms with Crippen LogP contribution in [0.1, 0.15) is 27.9 Å². The molecule has 26 heavy (non-hydrogen) atoms. The number of β-amino-alcohol motifs (C(OH)–C–C–N with tert-alkyl or cyclic N) is 1. The number of halogens is 1. The average Bonchev–Trinajstić information content (AvgIpc) is 2.99. The van der Waals surface area contributed by atoms with E-state index in [1.165, 1.54) is 4.57 Å². The molecular formula is C19H22BrN3O3. The molecule has 138 valence electrons. The molecule has 0 aliphatic carbocycles. The Balaban J connectivity index is 1.85. The number of aryl methyl sites for hydroxylation is 1. The minimum Gasteiger partial charge on any atom is -0.392 e. The monoisotopic (exact) mass is 419 g/mol. The van der Waals surface area contributed by atoms with E-state index in [-0.39, 0.29) is 17.2 Å². The Kier molecular flexibility index (Phi) is 5.60. The third kappa shape index (κ3) is 4.06. The van der Waals surface area contributed by atoms with Gasteiger partial charge >= 0.3 is 0 Å². The molecule has 1 aliphatic rings. The summed E-state index contributed by atoms with van der Waals surface area (Å²) >= 11 is 3.44. The van der Waals surface area contributed by atoms with Crippen molar-refractivity contribution in [3.8, 4) is 0 Å². The highest BCUT2D eigenvalue weighted by atomic mass is 79.9. The molecule has 0 saturated carbocycles. The van der Waals surface area contributed by atoms with Gasteiger partial charge in [0.15, 0.2) is 0 Å². The Morgan fingerprint density at radius 3 is 2.88 bits per heavy atom. The summed E-state index contributed by atoms with van der Waals surface area (Å²) in [6.07, 6.45) is 2.19. The van der Waals surface area contributed by atoms with E-state index in [0.717, 1.165) is 28.6 Å². The number of hydrogen-bond acceptors (Lipinski definition) is 4. The summed E-state index contributed by atoms with van der Waals surface area (Å²) in [5.74, 6) is -0.421. The number of anilines is 1. The molecule has 0 bridgehead atoms. The number of rotatable bonds is 4. The Hall–Kier alpha value is -1.96. The summed E-state index contributed by atoms with van der Waals surface area (Å²) in [6, 6.07) is 7.18. The number of likely N-dealkylation sites (tertiary alicyclic amines) is 1. The first kappa shape index (κ1) is 18.8. The number of benzene rings is 1. The van der Waals surface area contributed by atoms with Crippen LogP contribution in [0, 0.1) is 6.92 Å². The topological polar surface area (TPSA) is 74.6 Å². The molecule has 0 radical (unpaired) electrons. The van der Waals surface area contributed by atoms with Gasteiger partial charge in [-0.3, -0.25) is 14.5 Å². The van der Waals surface area contributed by atoms with Gasteiger partial charge < -0.3 is 15.0 Å². The number of carbonyl (C=O) groups is 1. The van der Waals surface area contributed by atoms with E-state index in [2.05, 4.69) is 26.1 Å². The van der Waals surface area contributed by atoms with E-state index in [1.54, 1.807) is 25.4 Å². The molecule has 1 amide bonds. The quantitative estimate of drug-likeness (QED) is 0.796. The first-order valence-corrected chi connectivity index (χ1v) is 9.31. The summed E-state index contributed by atoms with van der Waals surface area (Å²) in [7, 11) is 1.64. The van der Waals surface area contributed by atoms with Gasteiger partial charge in [-0.15, -0.1) is 0 Å². The Morgan fingerprint density at radius 2 is 2.19 bits per heavy atom. The maximum Gasteiger partial charge on any atom is 0.263 e. The van der Waals surface area contributed by atoms with Crippen molar-refractivity contribution in [3.63, 3.8) is 0 Å². The molecule has 2 heterocycles. The van der Waals surface area contributed by atoms with Crippen molar-refractivity contribution in [1.29, 1.82) is 0 Å². The summed E-state index contributed by atoms with van der Waals surface area (Å²) in [5, 5.41) is 12.5. The second kappa shape index (κ2) is 7.73. The van der Waals surface area contributed by atoms with E-state index in [0.29, 0.717) is 18.8 Å². The second-order valence-electron chi connectivity index (χ2n) is 6.72. The van der Waals surface area contributed by atoms with Gasteiger partial charge in [-0.05, 0) is 42.7 Å². The fourth-order valence-corrected chi connectivity index (χ4v) is 3.54. The Bertz CT molecular complexity index is 894. The number of nitrogens with one attached hydrogen (secondary N) is 1. The Morgan fingerprint density at radius 1 is 1.42 bits per heavy atom. The lowest BCUT2D eigenvalue weighted by atomic mass is 10.1. The summed E-state index contributed by atoms with van der Waals surface area (Å²) in [5.41, 5.74) is 2.22. The van der Waals surface area contributed by atoms with Crippen molar-refractivity contribution in [2.75, 3.05) is 18.4 Å². The number of pyridine rings is 1. The van der Waals surface area contributed by atoms with E-state index in [4.69, 9.17) is 0 Å². The molecule has 0 spiro atoms. The molecule has 2 aromatic rings. The molecule has 1 aromatic heterocycles. The van der Waals surface area contributed by atoms with Crippen LogP contribution >= 0.6 is 15.9 Å². The molecular weight excluding hydrogens is 398 g/mol. The fourth-order valence-electron chi connectivity index (χ4n) is 3.18. The number of aliphatic hydroxyl groups excluding tert-OH is 1. The Labute approximate surface area is 160 Å². The predicted molar refractivity (Wildman–Crippen MR) is 104 cm³/mol. The van der Waals surface area contributed by atoms with Gasteiger partial charge in [-0.2, -0.15) is 0 Å². The first-order valence-electron chi connectivity index (χ1n) is 8.51. The zero-order valence-corrected chi connectivity index (χ0v) is 16.4. The van der Waals surface area contributed by atoms with Crippen LogP contribution in [0.4, 0.5) is 5.69 Å². The molecule has 2 N–H and O–H groups in total. The van der Waals surface area contributed by atoms with Crippen molar-refractivity contribution in [1.82, 2.24) is 9.47 Å². The zero-order valence-electron chi connectivity index (χ0n) is 14.8. The molecule has 1 atom stereocenters. The van der Waals surface area contributed by atoms with Crippen molar-refractivity contribution in [3.05, 3.63) is 62.0 Å². The van der Waals surface area contributed by atoms with Gasteiger partial charge in [-0.1, -0.05) is 22.0 Å². The van der Waals surface area contributed by atoms with Crippen LogP contribution in [0.15, 0.2) is 39.7 Å². The molecule has 3 rings (SSSR count). The first-order chi connectivity index (χ1) is 12.3. The smallest absolute Gasteiger partial charge is 0.263 e. The maximum absolute atomic E-state index is 12.7. The van der Waals surface area contributed by atoms with Crippen LogP contribution < -0.4 is 10.9 Å². The molecule has 1 aliphatic heterocycles. The lowest BCUT2D eigenvalue weighted by molar-refractivity contribution is 0.102. The number of nitrogens with zero attached hydrogens (tertiary/aromatic N) is 2. The minimum atomic E-state index is -0.421. The third-order valence-corrected chi connectivity index (χ3v) is 5.51.